The molecule has 7 nitrogen and oxygen atoms in total. The number of methoxy groups -OCH3 is 3. The van der Waals surface area contributed by atoms with Crippen LogP contribution in [0.3, 0.4) is 0 Å². The van der Waals surface area contributed by atoms with Gasteiger partial charge in [-0.1, -0.05) is 45.8 Å². The Morgan fingerprint density at radius 3 is 2.68 bits per heavy atom. The Labute approximate surface area is 175 Å². The third-order valence-electron chi connectivity index (χ3n) is 4.54. The van der Waals surface area contributed by atoms with Gasteiger partial charge in [0, 0.05) is 27.1 Å². The highest BCUT2D eigenvalue weighted by Crippen LogP contribution is 2.33. The third-order valence-corrected chi connectivity index (χ3v) is 4.92. The van der Waals surface area contributed by atoms with Gasteiger partial charge in [-0.25, -0.2) is 0 Å². The van der Waals surface area contributed by atoms with Crippen molar-refractivity contribution in [1.82, 2.24) is 0 Å². The number of esters is 1. The van der Waals surface area contributed by atoms with Crippen molar-refractivity contribution in [2.24, 2.45) is 0 Å². The van der Waals surface area contributed by atoms with E-state index in [1.165, 1.54) is 14.2 Å². The van der Waals surface area contributed by atoms with Crippen LogP contribution < -0.4 is 0 Å². The zero-order valence-electron chi connectivity index (χ0n) is 16.8. The number of ether oxygens (including phenoxy) is 4. The summed E-state index contributed by atoms with van der Waals surface area (Å²) in [4.78, 5) is 13.4. The molecule has 1 aliphatic rings. The molecule has 0 bridgehead atoms. The average molecular weight is 463 g/mol. The topological polar surface area (TPSA) is 94.5 Å². The Bertz CT molecular complexity index is 575. The van der Waals surface area contributed by atoms with Crippen molar-refractivity contribution < 1.29 is 34.0 Å². The Balaban J connectivity index is 2.82. The zero-order chi connectivity index (χ0) is 21.2. The van der Waals surface area contributed by atoms with Gasteiger partial charge in [0.25, 0.3) is 0 Å². The molecule has 0 spiro atoms. The van der Waals surface area contributed by atoms with Gasteiger partial charge in [0.15, 0.2) is 5.79 Å². The van der Waals surface area contributed by atoms with Crippen LogP contribution in [0.5, 0.6) is 0 Å². The summed E-state index contributed by atoms with van der Waals surface area (Å²) >= 11 is 3.22. The van der Waals surface area contributed by atoms with E-state index in [0.717, 1.165) is 12.0 Å². The van der Waals surface area contributed by atoms with Crippen molar-refractivity contribution in [2.75, 3.05) is 21.3 Å². The smallest absolute Gasteiger partial charge is 0.310 e. The van der Waals surface area contributed by atoms with Crippen molar-refractivity contribution in [3.05, 3.63) is 34.9 Å². The lowest BCUT2D eigenvalue weighted by atomic mass is 9.93. The maximum Gasteiger partial charge on any atom is 0.310 e. The van der Waals surface area contributed by atoms with E-state index in [2.05, 4.69) is 20.7 Å². The van der Waals surface area contributed by atoms with Crippen molar-refractivity contribution in [1.29, 1.82) is 0 Å². The fourth-order valence-electron chi connectivity index (χ4n) is 3.01. The second-order valence-electron chi connectivity index (χ2n) is 6.78. The van der Waals surface area contributed by atoms with Gasteiger partial charge < -0.3 is 29.2 Å². The van der Waals surface area contributed by atoms with Crippen LogP contribution >= 0.6 is 15.9 Å². The predicted octanol–water partition coefficient (Wildman–Crippen LogP) is 2.61. The molecule has 1 unspecified atom stereocenters. The normalized spacial score (nSPS) is 28.6. The molecule has 5 atom stereocenters. The molecule has 1 saturated heterocycles. The van der Waals surface area contributed by atoms with E-state index < -0.39 is 24.0 Å². The molecule has 0 aromatic rings. The molecule has 28 heavy (non-hydrogen) atoms. The predicted molar refractivity (Wildman–Crippen MR) is 109 cm³/mol. The molecule has 0 aromatic heterocycles. The lowest BCUT2D eigenvalue weighted by molar-refractivity contribution is -0.287. The van der Waals surface area contributed by atoms with Crippen LogP contribution in [0, 0.1) is 0 Å². The lowest BCUT2D eigenvalue weighted by Crippen LogP contribution is -2.51. The van der Waals surface area contributed by atoms with Crippen LogP contribution in [0.2, 0.25) is 0 Å². The lowest BCUT2D eigenvalue weighted by Gasteiger charge is -2.41. The van der Waals surface area contributed by atoms with Gasteiger partial charge in [-0.15, -0.1) is 0 Å². The highest BCUT2D eigenvalue weighted by Gasteiger charge is 2.44. The van der Waals surface area contributed by atoms with Crippen LogP contribution in [0.25, 0.3) is 0 Å². The molecule has 0 saturated carbocycles. The molecule has 1 aliphatic heterocycles. The Hall–Kier alpha value is -1.03. The van der Waals surface area contributed by atoms with E-state index in [-0.39, 0.29) is 25.0 Å². The summed E-state index contributed by atoms with van der Waals surface area (Å²) < 4.78 is 21.0. The summed E-state index contributed by atoms with van der Waals surface area (Å²) in [5.41, 5.74) is 0.817. The number of carbonyl (C=O) groups excluding carboxylic acids is 1. The molecule has 2 N–H and O–H groups in total. The number of rotatable bonds is 10. The average Bonchev–Trinajstić information content (AvgIpc) is 2.67. The standard InChI is InChI=1S/C20H31BrO7/c1-14(7-8-15(25-2)6-5-9-21)10-17(22)18-11-16(26-3)12-20(24,28-18)13-19(23)27-4/h5,7-10,15-18,22,24H,6,11-13H2,1-4H3/b8-7+,9-5+,14-10+/t15?,16-,17-,18-,20+/m1/s1. The number of aliphatic hydroxyl groups excluding tert-OH is 1. The van der Waals surface area contributed by atoms with Gasteiger partial charge in [0.2, 0.25) is 0 Å². The Morgan fingerprint density at radius 2 is 2.11 bits per heavy atom. The van der Waals surface area contributed by atoms with Crippen LogP contribution in [0.4, 0.5) is 0 Å². The molecule has 0 aromatic carbocycles. The van der Waals surface area contributed by atoms with Crippen LogP contribution in [-0.2, 0) is 23.7 Å². The minimum absolute atomic E-state index is 0.0803. The maximum atomic E-state index is 11.6. The molecule has 8 heteroatoms. The number of hydrogen-bond acceptors (Lipinski definition) is 7. The SMILES string of the molecule is COC(=O)C[C@]1(O)C[C@H](OC)C[C@H]([C@H](O)/C=C(C)/C=C/C(C/C=C/Br)OC)O1. The number of allylic oxidation sites excluding steroid dienone is 2. The molecule has 1 rings (SSSR count). The van der Waals surface area contributed by atoms with Crippen molar-refractivity contribution in [3.8, 4) is 0 Å². The summed E-state index contributed by atoms with van der Waals surface area (Å²) in [6.45, 7) is 1.85. The fraction of sp³-hybridized carbons (Fsp3) is 0.650. The summed E-state index contributed by atoms with van der Waals surface area (Å²) in [6.07, 6.45) is 6.13. The highest BCUT2D eigenvalue weighted by atomic mass is 79.9. The first-order valence-electron chi connectivity index (χ1n) is 9.09. The Morgan fingerprint density at radius 1 is 1.39 bits per heavy atom. The quantitative estimate of drug-likeness (QED) is 0.380. The van der Waals surface area contributed by atoms with Gasteiger partial charge in [-0.2, -0.15) is 0 Å². The summed E-state index contributed by atoms with van der Waals surface area (Å²) in [5.74, 6) is -2.33. The maximum absolute atomic E-state index is 11.6. The molecule has 0 amide bonds. The first kappa shape index (κ1) is 25.0. The van der Waals surface area contributed by atoms with E-state index in [1.54, 1.807) is 18.2 Å². The molecule has 160 valence electrons. The summed E-state index contributed by atoms with van der Waals surface area (Å²) in [7, 11) is 4.40. The van der Waals surface area contributed by atoms with Gasteiger partial charge in [0.05, 0.1) is 37.9 Å². The summed E-state index contributed by atoms with van der Waals surface area (Å²) in [6, 6.07) is 0. The van der Waals surface area contributed by atoms with Gasteiger partial charge in [-0.3, -0.25) is 4.79 Å². The number of aliphatic hydroxyl groups is 2. The van der Waals surface area contributed by atoms with Crippen LogP contribution in [-0.4, -0.2) is 67.7 Å². The summed E-state index contributed by atoms with van der Waals surface area (Å²) in [5, 5.41) is 21.2. The molecular formula is C20H31BrO7. The first-order valence-corrected chi connectivity index (χ1v) is 10.0. The van der Waals surface area contributed by atoms with Crippen molar-refractivity contribution in [2.45, 2.75) is 62.8 Å². The second-order valence-corrected chi connectivity index (χ2v) is 7.31. The minimum Gasteiger partial charge on any atom is -0.469 e. The van der Waals surface area contributed by atoms with Crippen LogP contribution in [0.15, 0.2) is 34.9 Å². The van der Waals surface area contributed by atoms with Gasteiger partial charge in [-0.05, 0) is 18.3 Å². The van der Waals surface area contributed by atoms with Crippen molar-refractivity contribution in [3.63, 3.8) is 0 Å². The molecule has 1 fully saturated rings. The monoisotopic (exact) mass is 462 g/mol. The first-order chi connectivity index (χ1) is 13.3. The minimum atomic E-state index is -1.74. The number of halogens is 1. The second kappa shape index (κ2) is 12.5. The fourth-order valence-corrected chi connectivity index (χ4v) is 3.22. The molecule has 1 heterocycles. The van der Waals surface area contributed by atoms with E-state index in [0.29, 0.717) is 6.42 Å². The van der Waals surface area contributed by atoms with Gasteiger partial charge >= 0.3 is 5.97 Å². The van der Waals surface area contributed by atoms with E-state index in [9.17, 15) is 15.0 Å². The zero-order valence-corrected chi connectivity index (χ0v) is 18.4. The highest BCUT2D eigenvalue weighted by molar-refractivity contribution is 9.11. The Kier molecular flexibility index (Phi) is 11.2. The largest absolute Gasteiger partial charge is 0.469 e. The van der Waals surface area contributed by atoms with E-state index in [1.807, 2.05) is 25.2 Å². The molecule has 0 aliphatic carbocycles. The molecular weight excluding hydrogens is 432 g/mol. The molecule has 0 radical (unpaired) electrons. The van der Waals surface area contributed by atoms with Gasteiger partial charge in [0.1, 0.15) is 0 Å². The number of carbonyl (C=O) groups is 1. The number of hydrogen-bond donors (Lipinski definition) is 2. The van der Waals surface area contributed by atoms with Crippen molar-refractivity contribution >= 4 is 21.9 Å². The van der Waals surface area contributed by atoms with E-state index in [4.69, 9.17) is 14.2 Å². The van der Waals surface area contributed by atoms with E-state index >= 15 is 0 Å². The van der Waals surface area contributed by atoms with Crippen LogP contribution in [0.1, 0.15) is 32.6 Å². The third kappa shape index (κ3) is 8.55.